The van der Waals surface area contributed by atoms with Crippen LogP contribution in [-0.4, -0.2) is 45.5 Å². The average Bonchev–Trinajstić information content (AvgIpc) is 3.10. The Bertz CT molecular complexity index is 887. The van der Waals surface area contributed by atoms with Crippen molar-refractivity contribution in [3.63, 3.8) is 0 Å². The largest absolute Gasteiger partial charge is 0.346 e. The predicted octanol–water partition coefficient (Wildman–Crippen LogP) is 3.02. The summed E-state index contributed by atoms with van der Waals surface area (Å²) < 4.78 is 0. The highest BCUT2D eigenvalue weighted by atomic mass is 16.2. The first-order valence-corrected chi connectivity index (χ1v) is 8.51. The Hall–Kier alpha value is -2.63. The minimum absolute atomic E-state index is 0.0240. The van der Waals surface area contributed by atoms with Crippen molar-refractivity contribution in [3.05, 3.63) is 36.4 Å². The molecule has 3 aromatic rings. The lowest BCUT2D eigenvalue weighted by Crippen LogP contribution is -2.45. The number of aromatic amines is 1. The number of nitrogens with one attached hydrogen (secondary N) is 2. The summed E-state index contributed by atoms with van der Waals surface area (Å²) >= 11 is 0. The van der Waals surface area contributed by atoms with Crippen molar-refractivity contribution in [2.24, 2.45) is 0 Å². The Morgan fingerprint density at radius 3 is 3.21 bits per heavy atom. The highest BCUT2D eigenvalue weighted by Gasteiger charge is 2.27. The first-order chi connectivity index (χ1) is 11.8. The number of piperidine rings is 1. The maximum atomic E-state index is 12.2. The first-order valence-electron chi connectivity index (χ1n) is 8.51. The third-order valence-electron chi connectivity index (χ3n) is 4.76. The SMILES string of the molecule is CCNC(=O)N1CCCC(c2nccc3cnc4[nH]ccc4c23)C1. The second-order valence-corrected chi connectivity index (χ2v) is 6.28. The lowest BCUT2D eigenvalue weighted by molar-refractivity contribution is 0.180. The zero-order valence-corrected chi connectivity index (χ0v) is 13.7. The fourth-order valence-corrected chi connectivity index (χ4v) is 3.66. The second-order valence-electron chi connectivity index (χ2n) is 6.28. The van der Waals surface area contributed by atoms with Crippen molar-refractivity contribution in [3.8, 4) is 0 Å². The fraction of sp³-hybridized carbons (Fsp3) is 0.389. The molecule has 0 aliphatic carbocycles. The van der Waals surface area contributed by atoms with Gasteiger partial charge in [0, 0.05) is 60.3 Å². The number of carbonyl (C=O) groups is 1. The zero-order chi connectivity index (χ0) is 16.5. The number of fused-ring (bicyclic) bond motifs is 3. The van der Waals surface area contributed by atoms with Crippen molar-refractivity contribution in [1.29, 1.82) is 0 Å². The van der Waals surface area contributed by atoms with Crippen LogP contribution in [0, 0.1) is 0 Å². The van der Waals surface area contributed by atoms with Crippen molar-refractivity contribution >= 4 is 27.8 Å². The van der Waals surface area contributed by atoms with E-state index in [0.717, 1.165) is 46.9 Å². The molecule has 1 atom stereocenters. The van der Waals surface area contributed by atoms with E-state index in [1.165, 1.54) is 0 Å². The molecule has 2 amide bonds. The van der Waals surface area contributed by atoms with Crippen LogP contribution in [0.25, 0.3) is 21.8 Å². The third kappa shape index (κ3) is 2.48. The summed E-state index contributed by atoms with van der Waals surface area (Å²) in [6, 6.07) is 4.08. The van der Waals surface area contributed by atoms with E-state index in [2.05, 4.69) is 21.4 Å². The summed E-state index contributed by atoms with van der Waals surface area (Å²) in [5, 5.41) is 6.26. The van der Waals surface area contributed by atoms with Crippen LogP contribution < -0.4 is 5.32 Å². The van der Waals surface area contributed by atoms with Gasteiger partial charge in [0.2, 0.25) is 0 Å². The maximum absolute atomic E-state index is 12.2. The van der Waals surface area contributed by atoms with E-state index in [1.54, 1.807) is 0 Å². The van der Waals surface area contributed by atoms with E-state index >= 15 is 0 Å². The molecule has 0 bridgehead atoms. The van der Waals surface area contributed by atoms with Gasteiger partial charge in [-0.05, 0) is 31.9 Å². The van der Waals surface area contributed by atoms with E-state index in [1.807, 2.05) is 36.5 Å². The molecule has 0 spiro atoms. The van der Waals surface area contributed by atoms with E-state index in [0.29, 0.717) is 13.1 Å². The number of rotatable bonds is 2. The lowest BCUT2D eigenvalue weighted by atomic mass is 9.91. The quantitative estimate of drug-likeness (QED) is 0.761. The Morgan fingerprint density at radius 1 is 1.42 bits per heavy atom. The van der Waals surface area contributed by atoms with Gasteiger partial charge in [0.15, 0.2) is 0 Å². The van der Waals surface area contributed by atoms with Crippen LogP contribution in [0.15, 0.2) is 30.7 Å². The van der Waals surface area contributed by atoms with Crippen LogP contribution in [0.1, 0.15) is 31.4 Å². The summed E-state index contributed by atoms with van der Waals surface area (Å²) in [6.45, 7) is 4.13. The van der Waals surface area contributed by atoms with E-state index in [9.17, 15) is 4.79 Å². The van der Waals surface area contributed by atoms with Crippen molar-refractivity contribution in [1.82, 2.24) is 25.2 Å². The molecule has 4 rings (SSSR count). The normalized spacial score (nSPS) is 18.2. The van der Waals surface area contributed by atoms with Crippen LogP contribution in [0.3, 0.4) is 0 Å². The van der Waals surface area contributed by atoms with Gasteiger partial charge in [0.05, 0.1) is 5.69 Å². The summed E-state index contributed by atoms with van der Waals surface area (Å²) in [5.41, 5.74) is 1.96. The van der Waals surface area contributed by atoms with Gasteiger partial charge in [-0.3, -0.25) is 4.98 Å². The predicted molar refractivity (Wildman–Crippen MR) is 94.0 cm³/mol. The van der Waals surface area contributed by atoms with Gasteiger partial charge in [0.1, 0.15) is 5.65 Å². The molecule has 1 fully saturated rings. The topological polar surface area (TPSA) is 73.9 Å². The minimum Gasteiger partial charge on any atom is -0.346 e. The van der Waals surface area contributed by atoms with Gasteiger partial charge >= 0.3 is 6.03 Å². The molecule has 6 nitrogen and oxygen atoms in total. The summed E-state index contributed by atoms with van der Waals surface area (Å²) in [6.07, 6.45) is 7.71. The number of urea groups is 1. The Balaban J connectivity index is 1.75. The van der Waals surface area contributed by atoms with Gasteiger partial charge in [-0.25, -0.2) is 9.78 Å². The van der Waals surface area contributed by atoms with E-state index in [4.69, 9.17) is 4.98 Å². The van der Waals surface area contributed by atoms with Crippen LogP contribution in [-0.2, 0) is 0 Å². The van der Waals surface area contributed by atoms with Gasteiger partial charge < -0.3 is 15.2 Å². The molecule has 4 heterocycles. The molecule has 0 radical (unpaired) electrons. The lowest BCUT2D eigenvalue weighted by Gasteiger charge is -2.32. The van der Waals surface area contributed by atoms with E-state index < -0.39 is 0 Å². The standard InChI is InChI=1S/C18H21N5O/c1-2-19-18(24)23-9-3-4-13(11-23)16-15-12(5-7-20-16)10-22-17-14(15)6-8-21-17/h5-8,10,13H,2-4,9,11H2,1H3,(H,19,24)(H,21,22). The molecule has 3 aromatic heterocycles. The monoisotopic (exact) mass is 323 g/mol. The molecular formula is C18H21N5O. The third-order valence-corrected chi connectivity index (χ3v) is 4.76. The van der Waals surface area contributed by atoms with Gasteiger partial charge in [-0.2, -0.15) is 0 Å². The van der Waals surface area contributed by atoms with Gasteiger partial charge in [-0.15, -0.1) is 0 Å². The number of carbonyl (C=O) groups excluding carboxylic acids is 1. The molecule has 6 heteroatoms. The Labute approximate surface area is 140 Å². The van der Waals surface area contributed by atoms with Crippen LogP contribution in [0.4, 0.5) is 4.79 Å². The number of pyridine rings is 2. The molecule has 24 heavy (non-hydrogen) atoms. The Kier molecular flexibility index (Phi) is 3.80. The minimum atomic E-state index is 0.0240. The molecule has 124 valence electrons. The molecular weight excluding hydrogens is 302 g/mol. The highest BCUT2D eigenvalue weighted by molar-refractivity contribution is 6.05. The number of hydrogen-bond acceptors (Lipinski definition) is 3. The summed E-state index contributed by atoms with van der Waals surface area (Å²) in [4.78, 5) is 26.4. The van der Waals surface area contributed by atoms with Crippen LogP contribution in [0.2, 0.25) is 0 Å². The molecule has 1 aliphatic rings. The smallest absolute Gasteiger partial charge is 0.317 e. The van der Waals surface area contributed by atoms with E-state index in [-0.39, 0.29) is 11.9 Å². The van der Waals surface area contributed by atoms with Gasteiger partial charge in [0.25, 0.3) is 0 Å². The fourth-order valence-electron chi connectivity index (χ4n) is 3.66. The molecule has 1 unspecified atom stereocenters. The first kappa shape index (κ1) is 14.9. The number of nitrogens with zero attached hydrogens (tertiary/aromatic N) is 3. The number of likely N-dealkylation sites (tertiary alicyclic amines) is 1. The summed E-state index contributed by atoms with van der Waals surface area (Å²) in [7, 11) is 0. The van der Waals surface area contributed by atoms with Crippen molar-refractivity contribution in [2.45, 2.75) is 25.7 Å². The molecule has 0 aromatic carbocycles. The molecule has 1 aliphatic heterocycles. The highest BCUT2D eigenvalue weighted by Crippen LogP contribution is 2.33. The van der Waals surface area contributed by atoms with Crippen LogP contribution in [0.5, 0.6) is 0 Å². The zero-order valence-electron chi connectivity index (χ0n) is 13.7. The van der Waals surface area contributed by atoms with Gasteiger partial charge in [-0.1, -0.05) is 0 Å². The molecule has 2 N–H and O–H groups in total. The Morgan fingerprint density at radius 2 is 2.33 bits per heavy atom. The maximum Gasteiger partial charge on any atom is 0.317 e. The summed E-state index contributed by atoms with van der Waals surface area (Å²) in [5.74, 6) is 0.255. The van der Waals surface area contributed by atoms with Crippen molar-refractivity contribution in [2.75, 3.05) is 19.6 Å². The number of aromatic nitrogens is 3. The number of hydrogen-bond donors (Lipinski definition) is 2. The molecule has 1 saturated heterocycles. The number of amides is 2. The van der Waals surface area contributed by atoms with Crippen molar-refractivity contribution < 1.29 is 4.79 Å². The second kappa shape index (κ2) is 6.11. The van der Waals surface area contributed by atoms with Crippen LogP contribution >= 0.6 is 0 Å². The number of H-pyrrole nitrogens is 1. The average molecular weight is 323 g/mol. The molecule has 0 saturated carbocycles.